The molecule has 0 aliphatic heterocycles. The number of carboxylic acid groups (broad SMARTS) is 1. The van der Waals surface area contributed by atoms with E-state index < -0.39 is 5.97 Å². The van der Waals surface area contributed by atoms with Gasteiger partial charge >= 0.3 is 5.97 Å². The molecular weight excluding hydrogens is 346 g/mol. The molecule has 2 N–H and O–H groups in total. The van der Waals surface area contributed by atoms with E-state index in [4.69, 9.17) is 16.7 Å². The van der Waals surface area contributed by atoms with Crippen LogP contribution in [0.5, 0.6) is 0 Å². The number of carbonyl (C=O) groups is 2. The molecule has 0 unspecified atom stereocenters. The van der Waals surface area contributed by atoms with E-state index in [2.05, 4.69) is 21.2 Å². The Morgan fingerprint density at radius 2 is 1.90 bits per heavy atom. The van der Waals surface area contributed by atoms with Crippen molar-refractivity contribution in [2.75, 3.05) is 6.54 Å². The molecule has 0 aromatic heterocycles. The maximum atomic E-state index is 11.8. The van der Waals surface area contributed by atoms with Crippen LogP contribution in [-0.2, 0) is 4.79 Å². The van der Waals surface area contributed by atoms with Gasteiger partial charge in [0.05, 0.1) is 5.02 Å². The molecule has 0 saturated heterocycles. The summed E-state index contributed by atoms with van der Waals surface area (Å²) in [4.78, 5) is 22.1. The topological polar surface area (TPSA) is 66.4 Å². The van der Waals surface area contributed by atoms with Crippen molar-refractivity contribution in [2.45, 2.75) is 32.1 Å². The third kappa shape index (κ3) is 6.39. The number of aliphatic carboxylic acids is 1. The number of halogens is 2. The highest BCUT2D eigenvalue weighted by atomic mass is 79.9. The Morgan fingerprint density at radius 1 is 1.20 bits per heavy atom. The van der Waals surface area contributed by atoms with Gasteiger partial charge in [-0.25, -0.2) is 0 Å². The minimum Gasteiger partial charge on any atom is -0.481 e. The first kappa shape index (κ1) is 17.0. The van der Waals surface area contributed by atoms with Crippen molar-refractivity contribution in [3.8, 4) is 0 Å². The molecule has 0 fully saturated rings. The van der Waals surface area contributed by atoms with Gasteiger partial charge in [0, 0.05) is 23.0 Å². The van der Waals surface area contributed by atoms with Gasteiger partial charge in [-0.3, -0.25) is 9.59 Å². The van der Waals surface area contributed by atoms with E-state index in [1.165, 1.54) is 0 Å². The van der Waals surface area contributed by atoms with Crippen LogP contribution in [0.15, 0.2) is 22.7 Å². The highest BCUT2D eigenvalue weighted by Crippen LogP contribution is 2.23. The van der Waals surface area contributed by atoms with Crippen LogP contribution >= 0.6 is 27.5 Å². The van der Waals surface area contributed by atoms with Crippen molar-refractivity contribution < 1.29 is 14.7 Å². The second-order valence-electron chi connectivity index (χ2n) is 4.44. The SMILES string of the molecule is O=C(O)CCCCCCNC(=O)c1ccc(Cl)c(Br)c1. The first-order valence-corrected chi connectivity index (χ1v) is 7.63. The average Bonchev–Trinajstić information content (AvgIpc) is 2.40. The molecule has 0 saturated carbocycles. The van der Waals surface area contributed by atoms with Crippen molar-refractivity contribution in [2.24, 2.45) is 0 Å². The summed E-state index contributed by atoms with van der Waals surface area (Å²) in [6, 6.07) is 5.03. The number of benzene rings is 1. The molecule has 0 aliphatic carbocycles. The summed E-state index contributed by atoms with van der Waals surface area (Å²) in [5.74, 6) is -0.889. The number of rotatable bonds is 8. The molecule has 0 heterocycles. The highest BCUT2D eigenvalue weighted by Gasteiger charge is 2.07. The number of hydrogen-bond acceptors (Lipinski definition) is 2. The molecule has 1 aromatic rings. The number of unbranched alkanes of at least 4 members (excludes halogenated alkanes) is 3. The fourth-order valence-electron chi connectivity index (χ4n) is 1.70. The first-order valence-electron chi connectivity index (χ1n) is 6.45. The third-order valence-corrected chi connectivity index (χ3v) is 4.00. The maximum Gasteiger partial charge on any atom is 0.303 e. The largest absolute Gasteiger partial charge is 0.481 e. The van der Waals surface area contributed by atoms with Gasteiger partial charge in [0.2, 0.25) is 0 Å². The maximum absolute atomic E-state index is 11.8. The van der Waals surface area contributed by atoms with Crippen molar-refractivity contribution in [3.63, 3.8) is 0 Å². The van der Waals surface area contributed by atoms with Gasteiger partial charge in [0.1, 0.15) is 0 Å². The van der Waals surface area contributed by atoms with Crippen molar-refractivity contribution in [3.05, 3.63) is 33.3 Å². The van der Waals surface area contributed by atoms with E-state index in [-0.39, 0.29) is 12.3 Å². The predicted octanol–water partition coefficient (Wildman–Crippen LogP) is 3.87. The van der Waals surface area contributed by atoms with E-state index >= 15 is 0 Å². The molecule has 0 atom stereocenters. The van der Waals surface area contributed by atoms with E-state index in [0.717, 1.165) is 19.3 Å². The van der Waals surface area contributed by atoms with Gasteiger partial charge in [-0.05, 0) is 47.0 Å². The fraction of sp³-hybridized carbons (Fsp3) is 0.429. The Kier molecular flexibility index (Phi) is 7.62. The number of hydrogen-bond donors (Lipinski definition) is 2. The summed E-state index contributed by atoms with van der Waals surface area (Å²) < 4.78 is 0.695. The molecule has 110 valence electrons. The molecule has 1 rings (SSSR count). The van der Waals surface area contributed by atoms with E-state index in [9.17, 15) is 9.59 Å². The molecule has 1 aromatic carbocycles. The molecule has 6 heteroatoms. The van der Waals surface area contributed by atoms with Crippen LogP contribution in [0.2, 0.25) is 5.02 Å². The van der Waals surface area contributed by atoms with Crippen LogP contribution in [0.4, 0.5) is 0 Å². The van der Waals surface area contributed by atoms with Crippen molar-refractivity contribution in [1.29, 1.82) is 0 Å². The predicted molar refractivity (Wildman–Crippen MR) is 82.2 cm³/mol. The lowest BCUT2D eigenvalue weighted by Crippen LogP contribution is -2.24. The van der Waals surface area contributed by atoms with Crippen LogP contribution in [-0.4, -0.2) is 23.5 Å². The summed E-state index contributed by atoms with van der Waals surface area (Å²) in [6.45, 7) is 0.589. The Bertz CT molecular complexity index is 479. The van der Waals surface area contributed by atoms with Crippen molar-refractivity contribution in [1.82, 2.24) is 5.32 Å². The quantitative estimate of drug-likeness (QED) is 0.690. The average molecular weight is 363 g/mol. The summed E-state index contributed by atoms with van der Waals surface area (Å²) in [5, 5.41) is 11.9. The van der Waals surface area contributed by atoms with Crippen molar-refractivity contribution >= 4 is 39.4 Å². The minimum atomic E-state index is -0.758. The molecule has 20 heavy (non-hydrogen) atoms. The van der Waals surface area contributed by atoms with Crippen LogP contribution in [0.1, 0.15) is 42.5 Å². The summed E-state index contributed by atoms with van der Waals surface area (Å²) in [6.07, 6.45) is 3.53. The highest BCUT2D eigenvalue weighted by molar-refractivity contribution is 9.10. The van der Waals surface area contributed by atoms with Gasteiger partial charge in [0.25, 0.3) is 5.91 Å². The minimum absolute atomic E-state index is 0.132. The summed E-state index contributed by atoms with van der Waals surface area (Å²) in [5.41, 5.74) is 0.562. The number of nitrogens with one attached hydrogen (secondary N) is 1. The zero-order valence-corrected chi connectivity index (χ0v) is 13.3. The van der Waals surface area contributed by atoms with Gasteiger partial charge in [-0.2, -0.15) is 0 Å². The van der Waals surface area contributed by atoms with E-state index in [0.29, 0.717) is 28.0 Å². The normalized spacial score (nSPS) is 10.3. The van der Waals surface area contributed by atoms with Crippen LogP contribution in [0.3, 0.4) is 0 Å². The lowest BCUT2D eigenvalue weighted by atomic mass is 10.1. The van der Waals surface area contributed by atoms with Gasteiger partial charge in [-0.1, -0.05) is 24.4 Å². The second-order valence-corrected chi connectivity index (χ2v) is 5.70. The smallest absolute Gasteiger partial charge is 0.303 e. The molecule has 0 radical (unpaired) electrons. The van der Waals surface area contributed by atoms with Crippen LogP contribution in [0.25, 0.3) is 0 Å². The standard InChI is InChI=1S/C14H17BrClNO3/c15-11-9-10(6-7-12(11)16)14(20)17-8-4-2-1-3-5-13(18)19/h6-7,9H,1-5,8H2,(H,17,20)(H,18,19). The van der Waals surface area contributed by atoms with Crippen LogP contribution < -0.4 is 5.32 Å². The van der Waals surface area contributed by atoms with Gasteiger partial charge in [0.15, 0.2) is 0 Å². The monoisotopic (exact) mass is 361 g/mol. The fourth-order valence-corrected chi connectivity index (χ4v) is 2.19. The Balaban J connectivity index is 2.20. The molecular formula is C14H17BrClNO3. The zero-order valence-electron chi connectivity index (χ0n) is 11.0. The van der Waals surface area contributed by atoms with Crippen LogP contribution in [0, 0.1) is 0 Å². The lowest BCUT2D eigenvalue weighted by molar-refractivity contribution is -0.137. The Morgan fingerprint density at radius 3 is 2.55 bits per heavy atom. The van der Waals surface area contributed by atoms with Gasteiger partial charge < -0.3 is 10.4 Å². The number of carbonyl (C=O) groups excluding carboxylic acids is 1. The second kappa shape index (κ2) is 8.97. The molecule has 0 bridgehead atoms. The lowest BCUT2D eigenvalue weighted by Gasteiger charge is -2.06. The van der Waals surface area contributed by atoms with E-state index in [1.54, 1.807) is 18.2 Å². The Hall–Kier alpha value is -1.07. The first-order chi connectivity index (χ1) is 9.50. The number of carboxylic acids is 1. The molecule has 1 amide bonds. The molecule has 4 nitrogen and oxygen atoms in total. The Labute approximate surface area is 131 Å². The number of amides is 1. The summed E-state index contributed by atoms with van der Waals surface area (Å²) >= 11 is 9.14. The zero-order chi connectivity index (χ0) is 15.0. The van der Waals surface area contributed by atoms with E-state index in [1.807, 2.05) is 0 Å². The molecule has 0 aliphatic rings. The van der Waals surface area contributed by atoms with Gasteiger partial charge in [-0.15, -0.1) is 0 Å². The summed E-state index contributed by atoms with van der Waals surface area (Å²) in [7, 11) is 0. The molecule has 0 spiro atoms. The third-order valence-electron chi connectivity index (χ3n) is 2.78.